The molecule has 5 rings (SSSR count). The molecule has 4 N–H and O–H groups in total. The van der Waals surface area contributed by atoms with Crippen LogP contribution < -0.4 is 10.5 Å². The number of aromatic nitrogens is 3. The summed E-state index contributed by atoms with van der Waals surface area (Å²) in [6, 6.07) is 3.71. The van der Waals surface area contributed by atoms with E-state index in [1.807, 2.05) is 12.1 Å². The van der Waals surface area contributed by atoms with Crippen LogP contribution >= 0.6 is 0 Å². The molecule has 0 radical (unpaired) electrons. The van der Waals surface area contributed by atoms with Crippen molar-refractivity contribution in [1.82, 2.24) is 15.2 Å². The van der Waals surface area contributed by atoms with Gasteiger partial charge in [0.2, 0.25) is 0 Å². The number of nitrogen functional groups attached to an aromatic ring is 1. The van der Waals surface area contributed by atoms with E-state index in [0.29, 0.717) is 47.8 Å². The molecule has 0 unspecified atom stereocenters. The van der Waals surface area contributed by atoms with E-state index >= 15 is 0 Å². The van der Waals surface area contributed by atoms with Gasteiger partial charge in [-0.05, 0) is 30.5 Å². The van der Waals surface area contributed by atoms with Crippen LogP contribution in [0.5, 0.6) is 11.5 Å². The number of nitrogens with zero attached hydrogens (tertiary/aromatic N) is 3. The number of aliphatic hydroxyl groups excluding tert-OH is 1. The highest BCUT2D eigenvalue weighted by Crippen LogP contribution is 2.44. The summed E-state index contributed by atoms with van der Waals surface area (Å²) in [5.41, 5.74) is 8.63. The summed E-state index contributed by atoms with van der Waals surface area (Å²) in [5.74, 6) is 1.16. The second-order valence-electron chi connectivity index (χ2n) is 7.91. The quantitative estimate of drug-likeness (QED) is 0.585. The van der Waals surface area contributed by atoms with Crippen LogP contribution in [0.25, 0.3) is 22.0 Å². The van der Waals surface area contributed by atoms with Gasteiger partial charge in [-0.25, -0.2) is 0 Å². The van der Waals surface area contributed by atoms with Crippen LogP contribution in [0.2, 0.25) is 0 Å². The van der Waals surface area contributed by atoms with Crippen LogP contribution in [0.1, 0.15) is 43.2 Å². The molecule has 1 aliphatic heterocycles. The van der Waals surface area contributed by atoms with Crippen molar-refractivity contribution in [3.63, 3.8) is 0 Å². The lowest BCUT2D eigenvalue weighted by atomic mass is 9.96. The largest absolute Gasteiger partial charge is 0.507 e. The van der Waals surface area contributed by atoms with E-state index < -0.39 is 0 Å². The molecule has 2 aliphatic rings. The van der Waals surface area contributed by atoms with Crippen LogP contribution in [0.15, 0.2) is 24.5 Å². The fourth-order valence-corrected chi connectivity index (χ4v) is 4.19. The van der Waals surface area contributed by atoms with Crippen LogP contribution in [-0.4, -0.2) is 45.2 Å². The highest BCUT2D eigenvalue weighted by molar-refractivity contribution is 6.00. The summed E-state index contributed by atoms with van der Waals surface area (Å²) in [7, 11) is 1.60. The number of rotatable bonds is 3. The smallest absolute Gasteiger partial charge is 0.155 e. The Kier molecular flexibility index (Phi) is 6.48. The molecule has 1 aliphatic carbocycles. The van der Waals surface area contributed by atoms with Gasteiger partial charge in [0.1, 0.15) is 17.2 Å². The van der Waals surface area contributed by atoms with E-state index in [1.54, 1.807) is 19.5 Å². The number of pyridine rings is 1. The summed E-state index contributed by atoms with van der Waals surface area (Å²) < 4.78 is 10.9. The molecule has 1 saturated carbocycles. The van der Waals surface area contributed by atoms with Crippen molar-refractivity contribution in [2.24, 2.45) is 0 Å². The average Bonchev–Trinajstić information content (AvgIpc) is 3.26. The minimum Gasteiger partial charge on any atom is -0.507 e. The third-order valence-corrected chi connectivity index (χ3v) is 5.78. The summed E-state index contributed by atoms with van der Waals surface area (Å²) in [6.45, 7) is 0.870. The van der Waals surface area contributed by atoms with Crippen molar-refractivity contribution < 1.29 is 19.7 Å². The standard InChI is InChI=1S/C17H16N4O3.C6H12O/c1-23-8-9-6-13-11(3-5-24-13)16(22)14(9)15-10-2-4-19-7-12(10)17(18)21-20-15;7-6-4-2-1-3-5-6/h2,4,6-7,22H,3,5,8H2,1H3,(H2,18,21);6-7H,1-5H2. The Balaban J connectivity index is 0.000000282. The summed E-state index contributed by atoms with van der Waals surface area (Å²) in [6.07, 6.45) is 9.89. The van der Waals surface area contributed by atoms with Gasteiger partial charge in [0, 0.05) is 42.3 Å². The molecule has 0 bridgehead atoms. The molecule has 0 amide bonds. The van der Waals surface area contributed by atoms with Gasteiger partial charge in [0.25, 0.3) is 0 Å². The monoisotopic (exact) mass is 424 g/mol. The van der Waals surface area contributed by atoms with E-state index in [-0.39, 0.29) is 11.9 Å². The molecule has 1 fully saturated rings. The first-order chi connectivity index (χ1) is 15.1. The number of hydrogen-bond donors (Lipinski definition) is 3. The van der Waals surface area contributed by atoms with Gasteiger partial charge in [-0.15, -0.1) is 10.2 Å². The molecule has 8 heteroatoms. The predicted molar refractivity (Wildman–Crippen MR) is 118 cm³/mol. The third-order valence-electron chi connectivity index (χ3n) is 5.78. The van der Waals surface area contributed by atoms with E-state index in [4.69, 9.17) is 20.3 Å². The van der Waals surface area contributed by atoms with Crippen LogP contribution in [0, 0.1) is 0 Å². The van der Waals surface area contributed by atoms with Crippen molar-refractivity contribution >= 4 is 16.6 Å². The fourth-order valence-electron chi connectivity index (χ4n) is 4.19. The van der Waals surface area contributed by atoms with Crippen molar-refractivity contribution in [3.8, 4) is 22.8 Å². The van der Waals surface area contributed by atoms with Gasteiger partial charge in [0.15, 0.2) is 5.82 Å². The molecular formula is C23H28N4O4. The van der Waals surface area contributed by atoms with Crippen molar-refractivity contribution in [2.45, 2.75) is 51.2 Å². The van der Waals surface area contributed by atoms with E-state index in [0.717, 1.165) is 29.4 Å². The number of aliphatic hydroxyl groups is 1. The zero-order valence-electron chi connectivity index (χ0n) is 17.7. The normalized spacial score (nSPS) is 15.8. The number of methoxy groups -OCH3 is 1. The number of anilines is 1. The summed E-state index contributed by atoms with van der Waals surface area (Å²) in [5, 5.41) is 29.5. The SMILES string of the molecule is COCc1cc2c(c(O)c1-c1nnc(N)c3cnccc13)CCO2.OC1CCCCC1. The Bertz CT molecular complexity index is 1070. The van der Waals surface area contributed by atoms with E-state index in [2.05, 4.69) is 15.2 Å². The molecule has 0 spiro atoms. The highest BCUT2D eigenvalue weighted by atomic mass is 16.5. The van der Waals surface area contributed by atoms with Crippen LogP contribution in [-0.2, 0) is 17.8 Å². The molecule has 164 valence electrons. The maximum Gasteiger partial charge on any atom is 0.155 e. The van der Waals surface area contributed by atoms with Gasteiger partial charge in [-0.3, -0.25) is 4.98 Å². The number of aromatic hydroxyl groups is 1. The first kappa shape index (κ1) is 21.3. The Hall–Kier alpha value is -2.97. The van der Waals surface area contributed by atoms with Crippen molar-refractivity contribution in [2.75, 3.05) is 19.5 Å². The maximum absolute atomic E-state index is 10.8. The first-order valence-electron chi connectivity index (χ1n) is 10.6. The zero-order valence-corrected chi connectivity index (χ0v) is 17.7. The lowest BCUT2D eigenvalue weighted by molar-refractivity contribution is 0.130. The number of phenolic OH excluding ortho intramolecular Hbond substituents is 1. The minimum absolute atomic E-state index is 0.0359. The molecule has 0 atom stereocenters. The topological polar surface area (TPSA) is 124 Å². The van der Waals surface area contributed by atoms with Crippen LogP contribution in [0.4, 0.5) is 5.82 Å². The number of nitrogens with two attached hydrogens (primary N) is 1. The Morgan fingerprint density at radius 3 is 2.71 bits per heavy atom. The fraction of sp³-hybridized carbons (Fsp3) is 0.435. The van der Waals surface area contributed by atoms with Crippen molar-refractivity contribution in [1.29, 1.82) is 0 Å². The predicted octanol–water partition coefficient (Wildman–Crippen LogP) is 3.37. The molecule has 0 saturated heterocycles. The maximum atomic E-state index is 10.8. The lowest BCUT2D eigenvalue weighted by Gasteiger charge is -2.15. The molecular weight excluding hydrogens is 396 g/mol. The second-order valence-corrected chi connectivity index (χ2v) is 7.91. The van der Waals surface area contributed by atoms with Gasteiger partial charge < -0.3 is 25.4 Å². The van der Waals surface area contributed by atoms with Gasteiger partial charge in [-0.1, -0.05) is 19.3 Å². The van der Waals surface area contributed by atoms with E-state index in [9.17, 15) is 5.11 Å². The molecule has 3 heterocycles. The number of benzene rings is 1. The Labute approximate surface area is 181 Å². The minimum atomic E-state index is 0.0359. The molecule has 31 heavy (non-hydrogen) atoms. The summed E-state index contributed by atoms with van der Waals surface area (Å²) in [4.78, 5) is 4.09. The second kappa shape index (κ2) is 9.45. The number of ether oxygens (including phenoxy) is 2. The van der Waals surface area contributed by atoms with Gasteiger partial charge >= 0.3 is 0 Å². The van der Waals surface area contributed by atoms with E-state index in [1.165, 1.54) is 19.3 Å². The number of hydrogen-bond acceptors (Lipinski definition) is 8. The number of fused-ring (bicyclic) bond motifs is 2. The highest BCUT2D eigenvalue weighted by Gasteiger charge is 2.25. The molecule has 3 aromatic rings. The number of phenols is 1. The third kappa shape index (κ3) is 4.40. The van der Waals surface area contributed by atoms with Crippen LogP contribution in [0.3, 0.4) is 0 Å². The van der Waals surface area contributed by atoms with Gasteiger partial charge in [0.05, 0.1) is 24.9 Å². The van der Waals surface area contributed by atoms with Crippen molar-refractivity contribution in [3.05, 3.63) is 35.7 Å². The molecule has 1 aromatic carbocycles. The average molecular weight is 425 g/mol. The zero-order chi connectivity index (χ0) is 21.8. The Morgan fingerprint density at radius 1 is 1.19 bits per heavy atom. The Morgan fingerprint density at radius 2 is 2.00 bits per heavy atom. The lowest BCUT2D eigenvalue weighted by Crippen LogP contribution is -2.09. The molecule has 2 aromatic heterocycles. The first-order valence-corrected chi connectivity index (χ1v) is 10.6. The van der Waals surface area contributed by atoms with Gasteiger partial charge in [-0.2, -0.15) is 0 Å². The summed E-state index contributed by atoms with van der Waals surface area (Å²) >= 11 is 0. The molecule has 8 nitrogen and oxygen atoms in total.